The standard InChI is InChI=1S/C28H28FNO5S/c29-25-17-22(6-7-24(25)19-36(33,34)18-20-4-2-1-3-5-20)21-8-9-26-23(16-21)10-11-28(35-26)12-14-30(15-13-28)27(31)32/h1-9,16-17H,10-15,18-19H2,(H,31,32). The van der Waals surface area contributed by atoms with E-state index in [9.17, 15) is 22.7 Å². The molecule has 0 aliphatic carbocycles. The first-order valence-corrected chi connectivity index (χ1v) is 13.9. The van der Waals surface area contributed by atoms with Gasteiger partial charge in [-0.2, -0.15) is 0 Å². The summed E-state index contributed by atoms with van der Waals surface area (Å²) >= 11 is 0. The van der Waals surface area contributed by atoms with Gasteiger partial charge in [-0.1, -0.05) is 48.5 Å². The maximum atomic E-state index is 14.9. The van der Waals surface area contributed by atoms with Gasteiger partial charge in [0.1, 0.15) is 17.2 Å². The van der Waals surface area contributed by atoms with E-state index in [-0.39, 0.29) is 22.7 Å². The number of aryl methyl sites for hydroxylation is 1. The molecular formula is C28H28FNO5S. The van der Waals surface area contributed by atoms with Crippen LogP contribution in [0.5, 0.6) is 5.75 Å². The zero-order chi connectivity index (χ0) is 25.3. The van der Waals surface area contributed by atoms with E-state index in [0.29, 0.717) is 37.1 Å². The molecule has 0 bridgehead atoms. The zero-order valence-electron chi connectivity index (χ0n) is 19.8. The highest BCUT2D eigenvalue weighted by molar-refractivity contribution is 7.89. The third-order valence-corrected chi connectivity index (χ3v) is 8.70. The molecule has 8 heteroatoms. The van der Waals surface area contributed by atoms with E-state index in [1.165, 1.54) is 11.0 Å². The topological polar surface area (TPSA) is 83.9 Å². The van der Waals surface area contributed by atoms with Gasteiger partial charge in [0.2, 0.25) is 0 Å². The number of nitrogens with zero attached hydrogens (tertiary/aromatic N) is 1. The maximum absolute atomic E-state index is 14.9. The minimum absolute atomic E-state index is 0.129. The molecule has 1 spiro atoms. The number of carbonyl (C=O) groups is 1. The van der Waals surface area contributed by atoms with Gasteiger partial charge in [-0.05, 0) is 53.3 Å². The number of piperidine rings is 1. The zero-order valence-corrected chi connectivity index (χ0v) is 20.6. The number of carboxylic acid groups (broad SMARTS) is 1. The summed E-state index contributed by atoms with van der Waals surface area (Å²) < 4.78 is 46.5. The lowest BCUT2D eigenvalue weighted by Crippen LogP contribution is -2.50. The number of fused-ring (bicyclic) bond motifs is 1. The van der Waals surface area contributed by atoms with Gasteiger partial charge >= 0.3 is 6.09 Å². The Kier molecular flexibility index (Phi) is 6.47. The largest absolute Gasteiger partial charge is 0.487 e. The smallest absolute Gasteiger partial charge is 0.407 e. The van der Waals surface area contributed by atoms with Crippen LogP contribution in [0, 0.1) is 5.82 Å². The first kappa shape index (κ1) is 24.3. The van der Waals surface area contributed by atoms with Gasteiger partial charge in [0.05, 0.1) is 11.5 Å². The second-order valence-electron chi connectivity index (χ2n) is 9.70. The molecule has 188 valence electrons. The summed E-state index contributed by atoms with van der Waals surface area (Å²) in [6.07, 6.45) is 2.05. The van der Waals surface area contributed by atoms with Crippen molar-refractivity contribution in [2.24, 2.45) is 0 Å². The average molecular weight is 510 g/mol. The molecule has 5 rings (SSSR count). The van der Waals surface area contributed by atoms with E-state index in [1.54, 1.807) is 36.4 Å². The molecular weight excluding hydrogens is 481 g/mol. The Morgan fingerprint density at radius 1 is 0.944 bits per heavy atom. The lowest BCUT2D eigenvalue weighted by Gasteiger charge is -2.44. The number of rotatable bonds is 5. The van der Waals surface area contributed by atoms with E-state index in [1.807, 2.05) is 24.3 Å². The van der Waals surface area contributed by atoms with Crippen LogP contribution in [-0.2, 0) is 27.8 Å². The Morgan fingerprint density at radius 2 is 1.64 bits per heavy atom. The second kappa shape index (κ2) is 9.58. The number of likely N-dealkylation sites (tertiary alicyclic amines) is 1. The van der Waals surface area contributed by atoms with Crippen LogP contribution in [0.4, 0.5) is 9.18 Å². The molecule has 3 aromatic rings. The minimum Gasteiger partial charge on any atom is -0.487 e. The number of ether oxygens (including phenoxy) is 1. The summed E-state index contributed by atoms with van der Waals surface area (Å²) in [5.41, 5.74) is 3.06. The summed E-state index contributed by atoms with van der Waals surface area (Å²) in [6, 6.07) is 19.4. The quantitative estimate of drug-likeness (QED) is 0.495. The Morgan fingerprint density at radius 3 is 2.33 bits per heavy atom. The number of amides is 1. The van der Waals surface area contributed by atoms with Crippen LogP contribution >= 0.6 is 0 Å². The van der Waals surface area contributed by atoms with Crippen LogP contribution in [-0.4, -0.2) is 43.2 Å². The van der Waals surface area contributed by atoms with E-state index in [4.69, 9.17) is 4.74 Å². The average Bonchev–Trinajstić information content (AvgIpc) is 2.85. The molecule has 2 aliphatic heterocycles. The fraction of sp³-hybridized carbons (Fsp3) is 0.321. The SMILES string of the molecule is O=C(O)N1CCC2(CCc3cc(-c4ccc(CS(=O)(=O)Cc5ccccc5)c(F)c4)ccc3O2)CC1. The highest BCUT2D eigenvalue weighted by Crippen LogP contribution is 2.41. The van der Waals surface area contributed by atoms with Gasteiger partial charge in [-0.25, -0.2) is 17.6 Å². The lowest BCUT2D eigenvalue weighted by molar-refractivity contribution is -0.0103. The number of benzene rings is 3. The van der Waals surface area contributed by atoms with Crippen LogP contribution in [0.3, 0.4) is 0 Å². The third kappa shape index (κ3) is 5.23. The molecule has 1 saturated heterocycles. The minimum atomic E-state index is -3.51. The van der Waals surface area contributed by atoms with E-state index < -0.39 is 21.7 Å². The molecule has 0 aromatic heterocycles. The first-order chi connectivity index (χ1) is 17.2. The normalized spacial score (nSPS) is 16.9. The second-order valence-corrected chi connectivity index (χ2v) is 11.8. The summed E-state index contributed by atoms with van der Waals surface area (Å²) in [6.45, 7) is 0.935. The molecule has 3 aromatic carbocycles. The van der Waals surface area contributed by atoms with Crippen LogP contribution in [0.2, 0.25) is 0 Å². The van der Waals surface area contributed by atoms with Gasteiger partial charge in [-0.15, -0.1) is 0 Å². The van der Waals surface area contributed by atoms with Crippen molar-refractivity contribution >= 4 is 15.9 Å². The van der Waals surface area contributed by atoms with Crippen molar-refractivity contribution in [3.05, 3.63) is 89.2 Å². The molecule has 0 saturated carbocycles. The van der Waals surface area contributed by atoms with Crippen molar-refractivity contribution in [3.63, 3.8) is 0 Å². The number of hydrogen-bond donors (Lipinski definition) is 1. The fourth-order valence-electron chi connectivity index (χ4n) is 5.12. The van der Waals surface area contributed by atoms with Gasteiger partial charge in [0.25, 0.3) is 0 Å². The van der Waals surface area contributed by atoms with Crippen LogP contribution in [0.25, 0.3) is 11.1 Å². The van der Waals surface area contributed by atoms with Crippen molar-refractivity contribution in [1.82, 2.24) is 4.90 Å². The molecule has 0 radical (unpaired) electrons. The van der Waals surface area contributed by atoms with Crippen LogP contribution in [0.1, 0.15) is 36.0 Å². The highest BCUT2D eigenvalue weighted by Gasteiger charge is 2.40. The Labute approximate surface area is 210 Å². The van der Waals surface area contributed by atoms with Gasteiger partial charge in [0.15, 0.2) is 9.84 Å². The highest BCUT2D eigenvalue weighted by atomic mass is 32.2. The molecule has 36 heavy (non-hydrogen) atoms. The Balaban J connectivity index is 1.29. The molecule has 6 nitrogen and oxygen atoms in total. The van der Waals surface area contributed by atoms with E-state index >= 15 is 0 Å². The predicted molar refractivity (Wildman–Crippen MR) is 135 cm³/mol. The molecule has 1 N–H and O–H groups in total. The lowest BCUT2D eigenvalue weighted by atomic mass is 9.82. The van der Waals surface area contributed by atoms with Gasteiger partial charge in [-0.3, -0.25) is 0 Å². The first-order valence-electron chi connectivity index (χ1n) is 12.0. The number of sulfone groups is 1. The fourth-order valence-corrected chi connectivity index (χ4v) is 6.63. The van der Waals surface area contributed by atoms with Crippen molar-refractivity contribution in [2.75, 3.05) is 13.1 Å². The third-order valence-electron chi connectivity index (χ3n) is 7.17. The van der Waals surface area contributed by atoms with Crippen molar-refractivity contribution < 1.29 is 27.4 Å². The molecule has 1 fully saturated rings. The summed E-state index contributed by atoms with van der Waals surface area (Å²) in [7, 11) is -3.51. The molecule has 0 atom stereocenters. The van der Waals surface area contributed by atoms with Crippen LogP contribution < -0.4 is 4.74 Å². The number of halogens is 1. The monoisotopic (exact) mass is 509 g/mol. The predicted octanol–water partition coefficient (Wildman–Crippen LogP) is 5.45. The Bertz CT molecular complexity index is 1380. The molecule has 2 aliphatic rings. The molecule has 2 heterocycles. The van der Waals surface area contributed by atoms with E-state index in [2.05, 4.69) is 0 Å². The van der Waals surface area contributed by atoms with Crippen molar-refractivity contribution in [3.8, 4) is 16.9 Å². The summed E-state index contributed by atoms with van der Waals surface area (Å²) in [5.74, 6) is -0.233. The molecule has 0 unspecified atom stereocenters. The maximum Gasteiger partial charge on any atom is 0.407 e. The number of hydrogen-bond acceptors (Lipinski definition) is 4. The summed E-state index contributed by atoms with van der Waals surface area (Å²) in [5, 5.41) is 9.20. The van der Waals surface area contributed by atoms with Crippen LogP contribution in [0.15, 0.2) is 66.7 Å². The van der Waals surface area contributed by atoms with Gasteiger partial charge in [0, 0.05) is 31.5 Å². The Hall–Kier alpha value is -3.39. The molecule has 1 amide bonds. The van der Waals surface area contributed by atoms with Gasteiger partial charge < -0.3 is 14.7 Å². The summed E-state index contributed by atoms with van der Waals surface area (Å²) in [4.78, 5) is 12.6. The van der Waals surface area contributed by atoms with Crippen molar-refractivity contribution in [1.29, 1.82) is 0 Å². The van der Waals surface area contributed by atoms with E-state index in [0.717, 1.165) is 29.7 Å². The van der Waals surface area contributed by atoms with Crippen molar-refractivity contribution in [2.45, 2.75) is 42.8 Å².